The normalized spacial score (nSPS) is 13.7. The van der Waals surface area contributed by atoms with Crippen molar-refractivity contribution >= 4 is 35.8 Å². The Labute approximate surface area is 200 Å². The van der Waals surface area contributed by atoms with E-state index in [-0.39, 0.29) is 35.7 Å². The zero-order chi connectivity index (χ0) is 21.3. The zero-order valence-electron chi connectivity index (χ0n) is 18.0. The molecule has 1 fully saturated rings. The molecule has 2 aromatic carbocycles. The van der Waals surface area contributed by atoms with Crippen LogP contribution < -0.4 is 10.1 Å². The molecule has 0 aliphatic carbocycles. The molecular weight excluding hydrogens is 510 g/mol. The minimum atomic E-state index is -0.278. The lowest BCUT2D eigenvalue weighted by Crippen LogP contribution is -2.40. The van der Waals surface area contributed by atoms with Crippen molar-refractivity contribution in [3.05, 3.63) is 65.5 Å². The molecule has 0 aromatic heterocycles. The molecule has 1 N–H and O–H groups in total. The van der Waals surface area contributed by atoms with Gasteiger partial charge in [-0.2, -0.15) is 0 Å². The van der Waals surface area contributed by atoms with Crippen molar-refractivity contribution in [2.45, 2.75) is 25.9 Å². The predicted octanol–water partition coefficient (Wildman–Crippen LogP) is 3.65. The van der Waals surface area contributed by atoms with Crippen molar-refractivity contribution < 1.29 is 13.9 Å². The van der Waals surface area contributed by atoms with Crippen LogP contribution in [0.5, 0.6) is 5.75 Å². The molecule has 0 radical (unpaired) electrons. The molecule has 0 spiro atoms. The number of nitrogens with zero attached hydrogens (tertiary/aromatic N) is 3. The van der Waals surface area contributed by atoms with Gasteiger partial charge in [0.1, 0.15) is 18.2 Å². The average Bonchev–Trinajstić information content (AvgIpc) is 3.14. The van der Waals surface area contributed by atoms with E-state index in [1.54, 1.807) is 19.2 Å². The van der Waals surface area contributed by atoms with Crippen LogP contribution >= 0.6 is 24.0 Å². The number of halogens is 2. The molecule has 1 saturated heterocycles. The summed E-state index contributed by atoms with van der Waals surface area (Å²) in [5, 5.41) is 3.36. The summed E-state index contributed by atoms with van der Waals surface area (Å²) in [7, 11) is 3.69. The van der Waals surface area contributed by atoms with Gasteiger partial charge < -0.3 is 19.9 Å². The lowest BCUT2D eigenvalue weighted by Gasteiger charge is -2.22. The maximum Gasteiger partial charge on any atom is 0.222 e. The van der Waals surface area contributed by atoms with Crippen LogP contribution in [-0.2, 0) is 17.9 Å². The van der Waals surface area contributed by atoms with Gasteiger partial charge in [-0.15, -0.1) is 24.0 Å². The topological polar surface area (TPSA) is 57.2 Å². The van der Waals surface area contributed by atoms with Gasteiger partial charge in [0.25, 0.3) is 0 Å². The second-order valence-corrected chi connectivity index (χ2v) is 7.36. The molecule has 1 heterocycles. The number of likely N-dealkylation sites (tertiary alicyclic amines) is 1. The van der Waals surface area contributed by atoms with Crippen molar-refractivity contribution in [2.75, 3.05) is 33.8 Å². The zero-order valence-corrected chi connectivity index (χ0v) is 20.3. The van der Waals surface area contributed by atoms with Crippen LogP contribution in [0.3, 0.4) is 0 Å². The van der Waals surface area contributed by atoms with Crippen molar-refractivity contribution in [1.82, 2.24) is 15.1 Å². The molecule has 0 unspecified atom stereocenters. The highest BCUT2D eigenvalue weighted by Crippen LogP contribution is 2.15. The Morgan fingerprint density at radius 1 is 1.23 bits per heavy atom. The van der Waals surface area contributed by atoms with E-state index in [2.05, 4.69) is 28.5 Å². The van der Waals surface area contributed by atoms with Gasteiger partial charge in [-0.3, -0.25) is 9.79 Å². The fourth-order valence-electron chi connectivity index (χ4n) is 3.43. The Hall–Kier alpha value is -2.36. The van der Waals surface area contributed by atoms with E-state index < -0.39 is 0 Å². The van der Waals surface area contributed by atoms with E-state index in [1.807, 2.05) is 22.9 Å². The van der Waals surface area contributed by atoms with Crippen molar-refractivity contribution in [1.29, 1.82) is 0 Å². The number of aliphatic imine (C=N–C) groups is 1. The summed E-state index contributed by atoms with van der Waals surface area (Å²) < 4.78 is 18.6. The van der Waals surface area contributed by atoms with E-state index in [4.69, 9.17) is 4.74 Å². The number of benzene rings is 2. The first-order chi connectivity index (χ1) is 14.5. The van der Waals surface area contributed by atoms with Gasteiger partial charge in [-0.05, 0) is 41.8 Å². The van der Waals surface area contributed by atoms with Crippen molar-refractivity contribution in [3.8, 4) is 5.75 Å². The van der Waals surface area contributed by atoms with Gasteiger partial charge >= 0.3 is 0 Å². The number of likely N-dealkylation sites (N-methyl/N-ethyl adjacent to an activating group) is 1. The summed E-state index contributed by atoms with van der Waals surface area (Å²) in [6.45, 7) is 3.24. The van der Waals surface area contributed by atoms with E-state index >= 15 is 0 Å². The minimum Gasteiger partial charge on any atom is -0.492 e. The van der Waals surface area contributed by atoms with E-state index in [9.17, 15) is 9.18 Å². The predicted molar refractivity (Wildman–Crippen MR) is 131 cm³/mol. The van der Waals surface area contributed by atoms with Crippen LogP contribution in [0.2, 0.25) is 0 Å². The number of nitrogens with one attached hydrogen (secondary N) is 1. The standard InChI is InChI=1S/C23H29FN4O2.HI/c1-25-23(27(2)13-14-30-21-10-8-20(24)9-11-21)26-16-18-5-3-6-19(15-18)17-28-12-4-7-22(28)29;/h3,5-6,8-11,15H,4,7,12-14,16-17H2,1-2H3,(H,25,26);1H. The number of rotatable bonds is 8. The summed E-state index contributed by atoms with van der Waals surface area (Å²) >= 11 is 0. The van der Waals surface area contributed by atoms with Crippen LogP contribution in [0.25, 0.3) is 0 Å². The van der Waals surface area contributed by atoms with Crippen molar-refractivity contribution in [3.63, 3.8) is 0 Å². The first kappa shape index (κ1) is 24.9. The van der Waals surface area contributed by atoms with Gasteiger partial charge in [-0.25, -0.2) is 4.39 Å². The summed E-state index contributed by atoms with van der Waals surface area (Å²) in [6, 6.07) is 14.3. The first-order valence-corrected chi connectivity index (χ1v) is 10.2. The molecule has 1 amide bonds. The Bertz CT molecular complexity index is 876. The Kier molecular flexibility index (Phi) is 10.0. The minimum absolute atomic E-state index is 0. The number of hydrogen-bond donors (Lipinski definition) is 1. The van der Waals surface area contributed by atoms with Crippen LogP contribution in [0, 0.1) is 5.82 Å². The molecule has 6 nitrogen and oxygen atoms in total. The molecule has 0 bridgehead atoms. The molecule has 168 valence electrons. The fraction of sp³-hybridized carbons (Fsp3) is 0.391. The molecule has 1 aliphatic rings. The van der Waals surface area contributed by atoms with E-state index in [1.165, 1.54) is 12.1 Å². The number of ether oxygens (including phenoxy) is 1. The van der Waals surface area contributed by atoms with Gasteiger partial charge in [0.05, 0.1) is 6.54 Å². The summed E-state index contributed by atoms with van der Waals surface area (Å²) in [5.41, 5.74) is 2.27. The second kappa shape index (κ2) is 12.5. The molecule has 0 atom stereocenters. The first-order valence-electron chi connectivity index (χ1n) is 10.2. The lowest BCUT2D eigenvalue weighted by molar-refractivity contribution is -0.128. The van der Waals surface area contributed by atoms with Crippen LogP contribution in [-0.4, -0.2) is 55.5 Å². The third-order valence-electron chi connectivity index (χ3n) is 5.07. The van der Waals surface area contributed by atoms with Crippen LogP contribution in [0.15, 0.2) is 53.5 Å². The van der Waals surface area contributed by atoms with Crippen LogP contribution in [0.4, 0.5) is 4.39 Å². The number of guanidine groups is 1. The fourth-order valence-corrected chi connectivity index (χ4v) is 3.43. The summed E-state index contributed by atoms with van der Waals surface area (Å²) in [6.07, 6.45) is 1.61. The molecular formula is C23H30FIN4O2. The van der Waals surface area contributed by atoms with E-state index in [0.717, 1.165) is 30.1 Å². The largest absolute Gasteiger partial charge is 0.492 e. The van der Waals surface area contributed by atoms with E-state index in [0.29, 0.717) is 38.4 Å². The maximum atomic E-state index is 13.0. The van der Waals surface area contributed by atoms with Gasteiger partial charge in [0, 0.05) is 40.2 Å². The Balaban J connectivity index is 0.00000341. The monoisotopic (exact) mass is 540 g/mol. The maximum absolute atomic E-state index is 13.0. The summed E-state index contributed by atoms with van der Waals surface area (Å²) in [4.78, 5) is 20.1. The second-order valence-electron chi connectivity index (χ2n) is 7.36. The van der Waals surface area contributed by atoms with Crippen LogP contribution in [0.1, 0.15) is 24.0 Å². The number of hydrogen-bond acceptors (Lipinski definition) is 3. The highest BCUT2D eigenvalue weighted by Gasteiger charge is 2.19. The SMILES string of the molecule is CN=C(NCc1cccc(CN2CCCC2=O)c1)N(C)CCOc1ccc(F)cc1.I. The number of amides is 1. The summed E-state index contributed by atoms with van der Waals surface area (Å²) in [5.74, 6) is 1.36. The number of carbonyl (C=O) groups is 1. The molecule has 3 rings (SSSR count). The lowest BCUT2D eigenvalue weighted by atomic mass is 10.1. The Morgan fingerprint density at radius 3 is 2.65 bits per heavy atom. The molecule has 8 heteroatoms. The van der Waals surface area contributed by atoms with Gasteiger partial charge in [0.15, 0.2) is 5.96 Å². The van der Waals surface area contributed by atoms with Gasteiger partial charge in [-0.1, -0.05) is 24.3 Å². The Morgan fingerprint density at radius 2 is 1.97 bits per heavy atom. The average molecular weight is 540 g/mol. The highest BCUT2D eigenvalue weighted by atomic mass is 127. The number of carbonyl (C=O) groups excluding carboxylic acids is 1. The molecule has 31 heavy (non-hydrogen) atoms. The third-order valence-corrected chi connectivity index (χ3v) is 5.07. The smallest absolute Gasteiger partial charge is 0.222 e. The van der Waals surface area contributed by atoms with Gasteiger partial charge in [0.2, 0.25) is 5.91 Å². The molecule has 2 aromatic rings. The molecule has 0 saturated carbocycles. The highest BCUT2D eigenvalue weighted by molar-refractivity contribution is 14.0. The quantitative estimate of drug-likeness (QED) is 0.316. The third kappa shape index (κ3) is 7.68. The van der Waals surface area contributed by atoms with Crippen molar-refractivity contribution in [2.24, 2.45) is 4.99 Å². The molecule has 1 aliphatic heterocycles.